The second-order valence-electron chi connectivity index (χ2n) is 7.97. The minimum Gasteiger partial charge on any atom is 0 e. The van der Waals surface area contributed by atoms with E-state index in [0.717, 1.165) is 25.6 Å². The van der Waals surface area contributed by atoms with E-state index < -0.39 is 0 Å². The summed E-state index contributed by atoms with van der Waals surface area (Å²) >= 11 is 5.69. The molecule has 0 radical (unpaired) electrons. The molecule has 2 rings (SSSR count). The maximum absolute atomic E-state index is 5.69. The largest absolute Gasteiger partial charge is 0 e. The SMILES string of the molecule is CC(C)[C-]=[W].CC(C)[C-]=[W].[CH-]=C1C=C(C(C)C)N[C]1=[W].[CH-]=C1CC(C(C)C)=N[C]1=[W].[W].[W].[W].[W].[W].[W].[W].[W].[W].[W].[W].[W]. The van der Waals surface area contributed by atoms with Crippen LogP contribution in [0, 0.1) is 36.8 Å². The molecule has 18 heteroatoms. The van der Waals surface area contributed by atoms with Gasteiger partial charge < -0.3 is 0 Å². The van der Waals surface area contributed by atoms with Gasteiger partial charge in [0.15, 0.2) is 0 Å². The first-order valence-corrected chi connectivity index (χ1v) is 15.8. The summed E-state index contributed by atoms with van der Waals surface area (Å²) in [5.74, 6) is 2.45. The Morgan fingerprint density at radius 3 is 1.07 bits per heavy atom. The van der Waals surface area contributed by atoms with Crippen molar-refractivity contribution in [3.8, 4) is 0 Å². The van der Waals surface area contributed by atoms with Crippen molar-refractivity contribution in [3.63, 3.8) is 0 Å². The van der Waals surface area contributed by atoms with Crippen LogP contribution in [0.4, 0.5) is 0 Å². The topological polar surface area (TPSA) is 24.4 Å². The van der Waals surface area contributed by atoms with Gasteiger partial charge in [-0.3, -0.25) is 0 Å². The zero-order valence-electron chi connectivity index (χ0n) is 24.2. The summed E-state index contributed by atoms with van der Waals surface area (Å²) in [6, 6.07) is 0. The fourth-order valence-corrected chi connectivity index (χ4v) is 2.94. The number of nitrogens with zero attached hydrogens (tertiary/aromatic N) is 1. The first-order chi connectivity index (χ1) is 13.8. The molecule has 0 saturated heterocycles. The standard InChI is InChI=1S/2C8H10N.2C4H7.16W/c2*1-6(2)8-4-7(3)5-9-8;2*1-4(2)3;;;;;;;;;;;;;;;;/h3,6H,4H2,1-2H3;3-4,6,9H,1-2H3;2*4H,1-2H3;;;;;;;;;;;;;;;;/q4*-1;;;;;;;;;;;;;;;;. The van der Waals surface area contributed by atoms with Crippen molar-refractivity contribution in [2.45, 2.75) is 61.8 Å². The Hall–Kier alpha value is 9.18. The van der Waals surface area contributed by atoms with Crippen LogP contribution in [0.5, 0.6) is 0 Å². The third-order valence-electron chi connectivity index (χ3n) is 3.48. The van der Waals surface area contributed by atoms with Crippen molar-refractivity contribution in [2.75, 3.05) is 0 Å². The van der Waals surface area contributed by atoms with Gasteiger partial charge in [0, 0.05) is 253 Å². The van der Waals surface area contributed by atoms with Gasteiger partial charge in [-0.05, 0) is 0 Å². The van der Waals surface area contributed by atoms with Gasteiger partial charge in [0.2, 0.25) is 0 Å². The van der Waals surface area contributed by atoms with Crippen molar-refractivity contribution in [1.82, 2.24) is 5.32 Å². The van der Waals surface area contributed by atoms with Crippen LogP contribution in [0.15, 0.2) is 27.9 Å². The molecule has 0 saturated carbocycles. The molecule has 2 aliphatic rings. The summed E-state index contributed by atoms with van der Waals surface area (Å²) in [5, 5.41) is 3.26. The molecule has 0 bridgehead atoms. The van der Waals surface area contributed by atoms with Crippen LogP contribution in [0.25, 0.3) is 0 Å². The normalized spacial score (nSPS) is 10.7. The van der Waals surface area contributed by atoms with Crippen LogP contribution in [-0.4, -0.2) is 22.6 Å². The molecule has 42 heavy (non-hydrogen) atoms. The Labute approximate surface area is 474 Å². The van der Waals surface area contributed by atoms with E-state index >= 15 is 0 Å². The molecule has 0 amide bonds. The van der Waals surface area contributed by atoms with Crippen molar-refractivity contribution >= 4 is 22.6 Å². The molecule has 240 valence electrons. The molecule has 2 aliphatic heterocycles. The average molecular weight is 3290 g/mol. The van der Waals surface area contributed by atoms with Crippen LogP contribution in [0.2, 0.25) is 0 Å². The van der Waals surface area contributed by atoms with Gasteiger partial charge in [-0.2, -0.15) is 0 Å². The van der Waals surface area contributed by atoms with Crippen molar-refractivity contribution in [1.29, 1.82) is 0 Å². The number of nitrogens with one attached hydrogen (secondary N) is 1. The van der Waals surface area contributed by atoms with Crippen molar-refractivity contribution in [3.05, 3.63) is 36.1 Å². The Morgan fingerprint density at radius 2 is 0.976 bits per heavy atom. The second kappa shape index (κ2) is 59.5. The van der Waals surface area contributed by atoms with E-state index in [1.54, 1.807) is 0 Å². The third kappa shape index (κ3) is 55.9. The fraction of sp³-hybridized carbons (Fsp3) is 0.542. The smallest absolute Gasteiger partial charge is 0 e. The molecular formula is C24H34N2W16-4. The van der Waals surface area contributed by atoms with Crippen LogP contribution >= 0.6 is 0 Å². The number of hydrogen-bond donors (Lipinski definition) is 1. The van der Waals surface area contributed by atoms with Crippen LogP contribution in [0.3, 0.4) is 0 Å². The van der Waals surface area contributed by atoms with Crippen LogP contribution < -0.4 is 5.32 Å². The Bertz CT molecular complexity index is 659. The first-order valence-electron chi connectivity index (χ1n) is 9.90. The molecule has 0 aliphatic carbocycles. The quantitative estimate of drug-likeness (QED) is 0.416. The van der Waals surface area contributed by atoms with E-state index in [0.29, 0.717) is 23.7 Å². The average Bonchev–Trinajstić information content (AvgIpc) is 3.18. The van der Waals surface area contributed by atoms with E-state index in [9.17, 15) is 0 Å². The van der Waals surface area contributed by atoms with E-state index in [4.69, 9.17) is 13.2 Å². The van der Waals surface area contributed by atoms with E-state index in [1.165, 1.54) is 88.8 Å². The molecule has 1 N–H and O–H groups in total. The van der Waals surface area contributed by atoms with Gasteiger partial charge in [-0.15, -0.1) is 0 Å². The number of hydrogen-bond acceptors (Lipinski definition) is 2. The van der Waals surface area contributed by atoms with Gasteiger partial charge in [0.05, 0.1) is 0 Å². The summed E-state index contributed by atoms with van der Waals surface area (Å²) in [6.45, 7) is 28.5. The monoisotopic (exact) mass is 3290 g/mol. The van der Waals surface area contributed by atoms with Crippen LogP contribution in [0.1, 0.15) is 61.8 Å². The van der Waals surface area contributed by atoms with Gasteiger partial charge in [0.25, 0.3) is 0 Å². The minimum atomic E-state index is 0. The summed E-state index contributed by atoms with van der Waals surface area (Å²) in [6.07, 6.45) is 2.92. The van der Waals surface area contributed by atoms with E-state index in [2.05, 4.69) is 74.5 Å². The molecule has 0 aromatic heterocycles. The zero-order valence-corrected chi connectivity index (χ0v) is 71.2. The third-order valence-corrected chi connectivity index (χ3v) is 9.35. The van der Waals surface area contributed by atoms with Gasteiger partial charge >= 0.3 is 232 Å². The Kier molecular flexibility index (Phi) is 132. The zero-order chi connectivity index (χ0) is 24.0. The number of allylic oxidation sites excluding steroid dienone is 1. The predicted molar refractivity (Wildman–Crippen MR) is 118 cm³/mol. The number of rotatable bonds is 4. The molecular weight excluding hydrogens is 3260 g/mol. The Balaban J connectivity index is -0.0000000196. The summed E-state index contributed by atoms with van der Waals surface area (Å²) in [5.41, 5.74) is 4.35. The summed E-state index contributed by atoms with van der Waals surface area (Å²) in [7, 11) is 0. The predicted octanol–water partition coefficient (Wildman–Crippen LogP) is 4.40. The molecule has 0 aromatic carbocycles. The first kappa shape index (κ1) is 93.2. The van der Waals surface area contributed by atoms with Crippen LogP contribution in [-0.2, 0) is 330 Å². The molecule has 0 fully saturated rings. The second-order valence-corrected chi connectivity index (χ2v) is 12.5. The van der Waals surface area contributed by atoms with Gasteiger partial charge in [0.1, 0.15) is 0 Å². The number of aliphatic imine (C=N–C) groups is 1. The molecule has 0 aromatic rings. The van der Waals surface area contributed by atoms with Gasteiger partial charge in [-0.1, -0.05) is 0 Å². The Morgan fingerprint density at radius 1 is 0.667 bits per heavy atom. The minimum absolute atomic E-state index is 0. The molecule has 0 unspecified atom stereocenters. The molecule has 2 heterocycles. The van der Waals surface area contributed by atoms with Crippen molar-refractivity contribution in [2.24, 2.45) is 28.7 Å². The summed E-state index contributed by atoms with van der Waals surface area (Å²) < 4.78 is 8.47. The summed E-state index contributed by atoms with van der Waals surface area (Å²) in [4.78, 5) is 4.38. The maximum atomic E-state index is 5.69. The molecule has 0 spiro atoms. The van der Waals surface area contributed by atoms with Gasteiger partial charge in [-0.25, -0.2) is 0 Å². The fourth-order valence-electron chi connectivity index (χ4n) is 1.63. The molecule has 0 atom stereocenters. The molecule has 2 nitrogen and oxygen atoms in total. The van der Waals surface area contributed by atoms with E-state index in [-0.39, 0.29) is 253 Å². The van der Waals surface area contributed by atoms with E-state index in [1.807, 2.05) is 6.08 Å². The van der Waals surface area contributed by atoms with Crippen molar-refractivity contribution < 1.29 is 330 Å². The maximum Gasteiger partial charge on any atom is 0 e.